The molecule has 0 aliphatic rings. The number of pyridine rings is 1. The molecular formula is C16H14BN3O4. The van der Waals surface area contributed by atoms with Crippen LogP contribution in [-0.2, 0) is 6.61 Å². The zero-order valence-corrected chi connectivity index (χ0v) is 12.6. The van der Waals surface area contributed by atoms with Gasteiger partial charge in [-0.05, 0) is 17.6 Å². The number of imidazole rings is 1. The van der Waals surface area contributed by atoms with Gasteiger partial charge in [0.25, 0.3) is 0 Å². The molecule has 0 aliphatic heterocycles. The lowest BCUT2D eigenvalue weighted by Crippen LogP contribution is -2.33. The second-order valence-corrected chi connectivity index (χ2v) is 5.03. The van der Waals surface area contributed by atoms with Crippen LogP contribution in [-0.4, -0.2) is 38.0 Å². The van der Waals surface area contributed by atoms with E-state index in [1.54, 1.807) is 41.6 Å². The Kier molecular flexibility index (Phi) is 4.69. The molecule has 0 unspecified atom stereocenters. The van der Waals surface area contributed by atoms with Gasteiger partial charge in [0.05, 0.1) is 5.56 Å². The fourth-order valence-corrected chi connectivity index (χ4v) is 2.25. The average Bonchev–Trinajstić information content (AvgIpc) is 3.14. The van der Waals surface area contributed by atoms with Crippen molar-refractivity contribution in [1.29, 1.82) is 0 Å². The lowest BCUT2D eigenvalue weighted by Gasteiger charge is -2.11. The number of carbonyl (C=O) groups is 1. The molecule has 0 radical (unpaired) electrons. The molecule has 2 aromatic heterocycles. The number of hydrogen-bond acceptors (Lipinski definition) is 6. The summed E-state index contributed by atoms with van der Waals surface area (Å²) in [4.78, 5) is 19.5. The summed E-state index contributed by atoms with van der Waals surface area (Å²) in [6, 6.07) is 8.34. The zero-order chi connectivity index (χ0) is 16.9. The molecular weight excluding hydrogens is 309 g/mol. The van der Waals surface area contributed by atoms with Crippen molar-refractivity contribution in [2.45, 2.75) is 6.61 Å². The van der Waals surface area contributed by atoms with E-state index in [9.17, 15) is 14.8 Å². The maximum atomic E-state index is 11.2. The molecule has 7 nitrogen and oxygen atoms in total. The molecule has 8 heteroatoms. The van der Waals surface area contributed by atoms with E-state index in [2.05, 4.69) is 9.97 Å². The number of ether oxygens (including phenoxy) is 1. The first-order valence-electron chi connectivity index (χ1n) is 7.19. The first-order valence-corrected chi connectivity index (χ1v) is 7.19. The first-order chi connectivity index (χ1) is 11.7. The monoisotopic (exact) mass is 323 g/mol. The molecule has 0 aliphatic carbocycles. The second kappa shape index (κ2) is 7.07. The highest BCUT2D eigenvalue weighted by atomic mass is 16.5. The molecule has 0 amide bonds. The summed E-state index contributed by atoms with van der Waals surface area (Å²) in [7, 11) is -1.73. The van der Waals surface area contributed by atoms with E-state index >= 15 is 0 Å². The Morgan fingerprint density at radius 2 is 2.12 bits per heavy atom. The molecule has 2 N–H and O–H groups in total. The number of aldehydes is 1. The van der Waals surface area contributed by atoms with Gasteiger partial charge in [-0.3, -0.25) is 9.36 Å². The molecule has 3 rings (SSSR count). The fourth-order valence-electron chi connectivity index (χ4n) is 2.25. The van der Waals surface area contributed by atoms with Crippen molar-refractivity contribution in [1.82, 2.24) is 14.5 Å². The van der Waals surface area contributed by atoms with Gasteiger partial charge in [0, 0.05) is 24.2 Å². The lowest BCUT2D eigenvalue weighted by molar-refractivity contribution is 0.111. The van der Waals surface area contributed by atoms with Crippen LogP contribution in [0.1, 0.15) is 15.9 Å². The van der Waals surface area contributed by atoms with Crippen molar-refractivity contribution in [3.63, 3.8) is 0 Å². The molecule has 0 saturated heterocycles. The Balaban J connectivity index is 1.74. The van der Waals surface area contributed by atoms with Gasteiger partial charge >= 0.3 is 7.12 Å². The van der Waals surface area contributed by atoms with E-state index in [4.69, 9.17) is 4.74 Å². The highest BCUT2D eigenvalue weighted by Gasteiger charge is 2.18. The van der Waals surface area contributed by atoms with Crippen LogP contribution in [0.25, 0.3) is 5.82 Å². The van der Waals surface area contributed by atoms with Crippen molar-refractivity contribution in [2.24, 2.45) is 0 Å². The van der Waals surface area contributed by atoms with Crippen molar-refractivity contribution in [2.75, 3.05) is 0 Å². The van der Waals surface area contributed by atoms with Crippen LogP contribution in [0.5, 0.6) is 5.75 Å². The number of rotatable bonds is 6. The Morgan fingerprint density at radius 3 is 2.75 bits per heavy atom. The van der Waals surface area contributed by atoms with E-state index < -0.39 is 7.12 Å². The van der Waals surface area contributed by atoms with Crippen LogP contribution < -0.4 is 10.2 Å². The summed E-state index contributed by atoms with van der Waals surface area (Å²) in [5.41, 5.74) is 1.04. The maximum absolute atomic E-state index is 11.2. The fraction of sp³-hybridized carbons (Fsp3) is 0.0625. The zero-order valence-electron chi connectivity index (χ0n) is 12.6. The van der Waals surface area contributed by atoms with E-state index in [-0.39, 0.29) is 23.4 Å². The molecule has 120 valence electrons. The third-order valence-electron chi connectivity index (χ3n) is 3.47. The first kappa shape index (κ1) is 15.9. The van der Waals surface area contributed by atoms with Crippen molar-refractivity contribution >= 4 is 18.9 Å². The highest BCUT2D eigenvalue weighted by Crippen LogP contribution is 2.17. The molecule has 24 heavy (non-hydrogen) atoms. The van der Waals surface area contributed by atoms with Crippen molar-refractivity contribution < 1.29 is 19.6 Å². The SMILES string of the molecule is O=Cc1c(OCc2ccc(-n3ccnc3)nc2)cccc1B(O)O. The summed E-state index contributed by atoms with van der Waals surface area (Å²) in [6.07, 6.45) is 7.33. The smallest absolute Gasteiger partial charge is 0.488 e. The molecule has 0 spiro atoms. The van der Waals surface area contributed by atoms with Gasteiger partial charge in [0.15, 0.2) is 6.29 Å². The predicted octanol–water partition coefficient (Wildman–Crippen LogP) is 0.339. The Labute approximate surface area is 138 Å². The van der Waals surface area contributed by atoms with Gasteiger partial charge in [-0.15, -0.1) is 0 Å². The minimum atomic E-state index is -1.73. The standard InChI is InChI=1S/C16H14BN3O4/c21-9-13-14(17(22)23)2-1-3-15(13)24-10-12-4-5-16(19-8-12)20-7-6-18-11-20/h1-9,11,22-23H,10H2. The third-order valence-corrected chi connectivity index (χ3v) is 3.47. The highest BCUT2D eigenvalue weighted by molar-refractivity contribution is 6.60. The van der Waals surface area contributed by atoms with Crippen molar-refractivity contribution in [3.8, 4) is 11.6 Å². The summed E-state index contributed by atoms with van der Waals surface area (Å²) < 4.78 is 7.40. The Hall–Kier alpha value is -2.97. The molecule has 0 bridgehead atoms. The summed E-state index contributed by atoms with van der Waals surface area (Å²) in [6.45, 7) is 0.197. The minimum Gasteiger partial charge on any atom is -0.488 e. The van der Waals surface area contributed by atoms with Crippen LogP contribution in [0.15, 0.2) is 55.2 Å². The molecule has 3 aromatic rings. The van der Waals surface area contributed by atoms with Crippen LogP contribution in [0.3, 0.4) is 0 Å². The van der Waals surface area contributed by atoms with Gasteiger partial charge in [0.1, 0.15) is 24.5 Å². The van der Waals surface area contributed by atoms with Gasteiger partial charge in [-0.25, -0.2) is 9.97 Å². The maximum Gasteiger partial charge on any atom is 0.489 e. The number of aromatic nitrogens is 3. The van der Waals surface area contributed by atoms with Gasteiger partial charge in [-0.2, -0.15) is 0 Å². The lowest BCUT2D eigenvalue weighted by atomic mass is 9.77. The molecule has 0 atom stereocenters. The Morgan fingerprint density at radius 1 is 1.25 bits per heavy atom. The predicted molar refractivity (Wildman–Crippen MR) is 87.3 cm³/mol. The van der Waals surface area contributed by atoms with Crippen LogP contribution in [0.2, 0.25) is 0 Å². The van der Waals surface area contributed by atoms with Crippen LogP contribution in [0.4, 0.5) is 0 Å². The van der Waals surface area contributed by atoms with E-state index in [1.165, 1.54) is 6.07 Å². The van der Waals surface area contributed by atoms with E-state index in [0.29, 0.717) is 6.29 Å². The largest absolute Gasteiger partial charge is 0.489 e. The normalized spacial score (nSPS) is 10.4. The average molecular weight is 323 g/mol. The van der Waals surface area contributed by atoms with Gasteiger partial charge < -0.3 is 14.8 Å². The molecule has 0 saturated carbocycles. The number of benzene rings is 1. The summed E-state index contributed by atoms with van der Waals surface area (Å²) in [5.74, 6) is 1.02. The quantitative estimate of drug-likeness (QED) is 0.501. The number of nitrogens with zero attached hydrogens (tertiary/aromatic N) is 3. The molecule has 2 heterocycles. The van der Waals surface area contributed by atoms with Crippen LogP contribution in [0, 0.1) is 0 Å². The number of carbonyl (C=O) groups excluding carboxylic acids is 1. The minimum absolute atomic E-state index is 0.107. The van der Waals surface area contributed by atoms with E-state index in [0.717, 1.165) is 11.4 Å². The number of hydrogen-bond donors (Lipinski definition) is 2. The van der Waals surface area contributed by atoms with Gasteiger partial charge in [-0.1, -0.05) is 18.2 Å². The summed E-state index contributed by atoms with van der Waals surface area (Å²) in [5, 5.41) is 18.6. The Bertz CT molecular complexity index is 820. The molecule has 1 aromatic carbocycles. The van der Waals surface area contributed by atoms with Crippen molar-refractivity contribution in [3.05, 3.63) is 66.4 Å². The second-order valence-electron chi connectivity index (χ2n) is 5.03. The van der Waals surface area contributed by atoms with Crippen LogP contribution >= 0.6 is 0 Å². The topological polar surface area (TPSA) is 97.5 Å². The van der Waals surface area contributed by atoms with E-state index in [1.807, 2.05) is 12.1 Å². The molecule has 0 fully saturated rings. The third kappa shape index (κ3) is 3.34. The summed E-state index contributed by atoms with van der Waals surface area (Å²) >= 11 is 0. The van der Waals surface area contributed by atoms with Gasteiger partial charge in [0.2, 0.25) is 0 Å².